The van der Waals surface area contributed by atoms with Crippen LogP contribution >= 0.6 is 11.3 Å². The second-order valence-corrected chi connectivity index (χ2v) is 10.9. The third kappa shape index (κ3) is 4.00. The molecule has 1 aliphatic carbocycles. The molecule has 2 aliphatic heterocycles. The van der Waals surface area contributed by atoms with Gasteiger partial charge < -0.3 is 9.32 Å². The van der Waals surface area contributed by atoms with Crippen molar-refractivity contribution in [3.8, 4) is 0 Å². The molecule has 4 heterocycles. The number of fused-ring (bicyclic) bond motifs is 1. The maximum Gasteiger partial charge on any atom is 0.226 e. The monoisotopic (exact) mass is 449 g/mol. The smallest absolute Gasteiger partial charge is 0.226 e. The number of benzene rings is 1. The highest BCUT2D eigenvalue weighted by atomic mass is 32.1. The van der Waals surface area contributed by atoms with Gasteiger partial charge in [-0.25, -0.2) is 0 Å². The molecule has 1 amide bonds. The lowest BCUT2D eigenvalue weighted by Crippen LogP contribution is -2.49. The lowest BCUT2D eigenvalue weighted by molar-refractivity contribution is -0.135. The highest BCUT2D eigenvalue weighted by molar-refractivity contribution is 7.09. The topological polar surface area (TPSA) is 39.9 Å². The van der Waals surface area contributed by atoms with Crippen LogP contribution in [0.4, 0.5) is 0 Å². The molecule has 2 saturated heterocycles. The van der Waals surface area contributed by atoms with Crippen LogP contribution in [0.15, 0.2) is 52.3 Å². The standard InChI is InChI=1S/C26H31N3O2S/c30-25(29-13-11-28(12-14-29)19-22-5-3-15-32-22)23-17-26(23)7-9-27(10-8-26)18-21-16-20-4-1-2-6-24(20)31-21/h1-6,15-16,23H,7-14,17-19H2. The first-order valence-corrected chi connectivity index (χ1v) is 12.8. The predicted octanol–water partition coefficient (Wildman–Crippen LogP) is 4.44. The number of piperidine rings is 1. The minimum atomic E-state index is 0.264. The number of furan rings is 1. The number of thiophene rings is 1. The van der Waals surface area contributed by atoms with Crippen molar-refractivity contribution in [2.75, 3.05) is 39.3 Å². The summed E-state index contributed by atoms with van der Waals surface area (Å²) in [6.45, 7) is 7.78. The average molecular weight is 450 g/mol. The minimum Gasteiger partial charge on any atom is -0.460 e. The van der Waals surface area contributed by atoms with Gasteiger partial charge in [0.1, 0.15) is 11.3 Å². The Morgan fingerprint density at radius 1 is 0.969 bits per heavy atom. The van der Waals surface area contributed by atoms with Crippen LogP contribution in [0, 0.1) is 11.3 Å². The first-order valence-electron chi connectivity index (χ1n) is 11.9. The fourth-order valence-electron chi connectivity index (χ4n) is 5.71. The molecule has 5 nitrogen and oxygen atoms in total. The number of nitrogens with zero attached hydrogens (tertiary/aromatic N) is 3. The molecule has 0 N–H and O–H groups in total. The Kier molecular flexibility index (Phi) is 5.32. The van der Waals surface area contributed by atoms with E-state index in [-0.39, 0.29) is 11.3 Å². The molecule has 0 bridgehead atoms. The van der Waals surface area contributed by atoms with Gasteiger partial charge in [-0.1, -0.05) is 24.3 Å². The molecular formula is C26H31N3O2S. The third-order valence-electron chi connectivity index (χ3n) is 7.84. The number of hydrogen-bond acceptors (Lipinski definition) is 5. The van der Waals surface area contributed by atoms with E-state index >= 15 is 0 Å². The van der Waals surface area contributed by atoms with Gasteiger partial charge in [0.15, 0.2) is 0 Å². The highest BCUT2D eigenvalue weighted by Crippen LogP contribution is 2.60. The van der Waals surface area contributed by atoms with E-state index in [4.69, 9.17) is 4.42 Å². The van der Waals surface area contributed by atoms with E-state index in [2.05, 4.69) is 50.4 Å². The molecule has 1 aromatic carbocycles. The van der Waals surface area contributed by atoms with Crippen LogP contribution in [0.3, 0.4) is 0 Å². The van der Waals surface area contributed by atoms with Gasteiger partial charge in [-0.2, -0.15) is 0 Å². The molecule has 6 heteroatoms. The van der Waals surface area contributed by atoms with Crippen molar-refractivity contribution in [2.45, 2.75) is 32.4 Å². The van der Waals surface area contributed by atoms with Crippen molar-refractivity contribution in [1.29, 1.82) is 0 Å². The maximum absolute atomic E-state index is 13.2. The van der Waals surface area contributed by atoms with E-state index in [9.17, 15) is 4.79 Å². The molecule has 2 aromatic heterocycles. The van der Waals surface area contributed by atoms with Gasteiger partial charge in [0.25, 0.3) is 0 Å². The van der Waals surface area contributed by atoms with E-state index in [0.717, 1.165) is 83.0 Å². The lowest BCUT2D eigenvalue weighted by Gasteiger charge is -2.36. The summed E-state index contributed by atoms with van der Waals surface area (Å²) in [7, 11) is 0. The normalized spacial score (nSPS) is 23.8. The van der Waals surface area contributed by atoms with E-state index in [0.29, 0.717) is 5.91 Å². The van der Waals surface area contributed by atoms with E-state index in [1.165, 1.54) is 10.3 Å². The molecule has 3 aliphatic rings. The van der Waals surface area contributed by atoms with Crippen LogP contribution < -0.4 is 0 Å². The van der Waals surface area contributed by atoms with Crippen molar-refractivity contribution < 1.29 is 9.21 Å². The summed E-state index contributed by atoms with van der Waals surface area (Å²) in [4.78, 5) is 21.7. The number of likely N-dealkylation sites (tertiary alicyclic amines) is 1. The van der Waals surface area contributed by atoms with E-state index in [1.54, 1.807) is 0 Å². The Balaban J connectivity index is 0.984. The number of hydrogen-bond donors (Lipinski definition) is 0. The lowest BCUT2D eigenvalue weighted by atomic mass is 9.90. The van der Waals surface area contributed by atoms with Crippen LogP contribution in [0.25, 0.3) is 11.0 Å². The predicted molar refractivity (Wildman–Crippen MR) is 127 cm³/mol. The molecule has 1 spiro atoms. The van der Waals surface area contributed by atoms with Crippen molar-refractivity contribution >= 4 is 28.2 Å². The van der Waals surface area contributed by atoms with Crippen molar-refractivity contribution in [3.05, 3.63) is 58.5 Å². The number of rotatable bonds is 5. The highest BCUT2D eigenvalue weighted by Gasteiger charge is 2.59. The van der Waals surface area contributed by atoms with Gasteiger partial charge in [-0.3, -0.25) is 14.6 Å². The van der Waals surface area contributed by atoms with Crippen molar-refractivity contribution in [3.63, 3.8) is 0 Å². The molecule has 1 atom stereocenters. The zero-order chi connectivity index (χ0) is 21.5. The quantitative estimate of drug-likeness (QED) is 0.577. The van der Waals surface area contributed by atoms with Gasteiger partial charge in [-0.15, -0.1) is 11.3 Å². The SMILES string of the molecule is O=C(C1CC12CCN(Cc1cc3ccccc3o1)CC2)N1CCN(Cc2cccs2)CC1. The van der Waals surface area contributed by atoms with Crippen LogP contribution in [-0.2, 0) is 17.9 Å². The molecular weight excluding hydrogens is 418 g/mol. The molecule has 6 rings (SSSR count). The fraction of sp³-hybridized carbons (Fsp3) is 0.500. The Hall–Kier alpha value is -2.15. The van der Waals surface area contributed by atoms with Gasteiger partial charge in [0.2, 0.25) is 5.91 Å². The van der Waals surface area contributed by atoms with Crippen LogP contribution in [0.2, 0.25) is 0 Å². The summed E-state index contributed by atoms with van der Waals surface area (Å²) < 4.78 is 6.01. The van der Waals surface area contributed by atoms with Gasteiger partial charge in [0, 0.05) is 48.9 Å². The molecule has 32 heavy (non-hydrogen) atoms. The largest absolute Gasteiger partial charge is 0.460 e. The zero-order valence-corrected chi connectivity index (χ0v) is 19.4. The van der Waals surface area contributed by atoms with Gasteiger partial charge >= 0.3 is 0 Å². The van der Waals surface area contributed by atoms with Gasteiger partial charge in [0.05, 0.1) is 6.54 Å². The molecule has 3 fully saturated rings. The first-order chi connectivity index (χ1) is 15.7. The van der Waals surface area contributed by atoms with Crippen LogP contribution in [-0.4, -0.2) is 59.9 Å². The summed E-state index contributed by atoms with van der Waals surface area (Å²) in [6, 6.07) is 14.7. The van der Waals surface area contributed by atoms with Crippen LogP contribution in [0.1, 0.15) is 29.9 Å². The summed E-state index contributed by atoms with van der Waals surface area (Å²) >= 11 is 1.82. The number of amides is 1. The summed E-state index contributed by atoms with van der Waals surface area (Å²) in [5, 5.41) is 3.32. The zero-order valence-electron chi connectivity index (χ0n) is 18.5. The Bertz CT molecular complexity index is 1040. The molecule has 1 saturated carbocycles. The van der Waals surface area contributed by atoms with E-state index in [1.807, 2.05) is 23.5 Å². The number of para-hydroxylation sites is 1. The maximum atomic E-state index is 13.2. The van der Waals surface area contributed by atoms with Crippen molar-refractivity contribution in [1.82, 2.24) is 14.7 Å². The summed E-state index contributed by atoms with van der Waals surface area (Å²) in [6.07, 6.45) is 3.38. The number of carbonyl (C=O) groups excluding carboxylic acids is 1. The average Bonchev–Trinajstić information content (AvgIpc) is 3.14. The number of piperazine rings is 1. The van der Waals surface area contributed by atoms with Crippen molar-refractivity contribution in [2.24, 2.45) is 11.3 Å². The Morgan fingerprint density at radius 3 is 2.50 bits per heavy atom. The fourth-order valence-corrected chi connectivity index (χ4v) is 6.46. The third-order valence-corrected chi connectivity index (χ3v) is 8.70. The Morgan fingerprint density at radius 2 is 1.75 bits per heavy atom. The number of carbonyl (C=O) groups is 1. The molecule has 3 aromatic rings. The first kappa shape index (κ1) is 20.5. The molecule has 1 unspecified atom stereocenters. The summed E-state index contributed by atoms with van der Waals surface area (Å²) in [5.74, 6) is 1.73. The van der Waals surface area contributed by atoms with Crippen LogP contribution in [0.5, 0.6) is 0 Å². The minimum absolute atomic E-state index is 0.264. The summed E-state index contributed by atoms with van der Waals surface area (Å²) in [5.41, 5.74) is 1.24. The molecule has 168 valence electrons. The Labute approximate surface area is 193 Å². The second-order valence-electron chi connectivity index (χ2n) is 9.83. The van der Waals surface area contributed by atoms with Gasteiger partial charge in [-0.05, 0) is 61.3 Å². The molecule has 0 radical (unpaired) electrons. The second kappa shape index (κ2) is 8.32. The van der Waals surface area contributed by atoms with E-state index < -0.39 is 0 Å².